The summed E-state index contributed by atoms with van der Waals surface area (Å²) in [5, 5.41) is 0.465. The Hall–Kier alpha value is -2.22. The van der Waals surface area contributed by atoms with Gasteiger partial charge in [0, 0.05) is 30.3 Å². The number of aromatic nitrogens is 2. The molecule has 2 N–H and O–H groups in total. The number of nitrogen functional groups attached to an aromatic ring is 1. The zero-order chi connectivity index (χ0) is 21.4. The first-order valence-electron chi connectivity index (χ1n) is 11.0. The number of aryl methyl sites for hydroxylation is 1. The number of anilines is 1. The van der Waals surface area contributed by atoms with Crippen LogP contribution in [0.1, 0.15) is 47.3 Å². The van der Waals surface area contributed by atoms with Crippen LogP contribution in [0, 0.1) is 5.92 Å². The van der Waals surface area contributed by atoms with E-state index in [2.05, 4.69) is 9.97 Å². The Balaban J connectivity index is 1.23. The van der Waals surface area contributed by atoms with Gasteiger partial charge in [0.2, 0.25) is 5.91 Å². The van der Waals surface area contributed by atoms with Gasteiger partial charge in [-0.05, 0) is 55.4 Å². The van der Waals surface area contributed by atoms with Gasteiger partial charge < -0.3 is 20.1 Å². The number of nitrogens with zero attached hydrogens (tertiary/aromatic N) is 3. The van der Waals surface area contributed by atoms with Gasteiger partial charge in [-0.3, -0.25) is 4.79 Å². The summed E-state index contributed by atoms with van der Waals surface area (Å²) in [4.78, 5) is 24.2. The van der Waals surface area contributed by atoms with Crippen LogP contribution in [0.5, 0.6) is 0 Å². The van der Waals surface area contributed by atoms with E-state index in [1.807, 2.05) is 17.0 Å². The molecule has 0 radical (unpaired) electrons. The maximum atomic E-state index is 13.4. The number of rotatable bonds is 4. The SMILES string of the molecule is Nc1nc2c(c3c1COC3)C[C@H](C(=O)N1CCC[C@H](OCc3cccc(Cl)n3)C1)CC2. The van der Waals surface area contributed by atoms with Crippen molar-refractivity contribution in [2.24, 2.45) is 5.92 Å². The van der Waals surface area contributed by atoms with E-state index in [9.17, 15) is 4.79 Å². The fourth-order valence-corrected chi connectivity index (χ4v) is 5.15. The van der Waals surface area contributed by atoms with Crippen molar-refractivity contribution in [3.05, 3.63) is 51.4 Å². The van der Waals surface area contributed by atoms with Gasteiger partial charge in [0.05, 0.1) is 31.6 Å². The number of nitrogens with two attached hydrogens (primary N) is 1. The highest BCUT2D eigenvalue weighted by Gasteiger charge is 2.34. The van der Waals surface area contributed by atoms with Crippen LogP contribution in [0.3, 0.4) is 0 Å². The van der Waals surface area contributed by atoms with Crippen molar-refractivity contribution in [1.29, 1.82) is 0 Å². The molecule has 5 rings (SSSR count). The number of halogens is 1. The maximum Gasteiger partial charge on any atom is 0.226 e. The van der Waals surface area contributed by atoms with Crippen molar-refractivity contribution in [2.75, 3.05) is 18.8 Å². The molecule has 0 bridgehead atoms. The molecular formula is C23H27ClN4O3. The topological polar surface area (TPSA) is 90.6 Å². The van der Waals surface area contributed by atoms with Crippen molar-refractivity contribution in [2.45, 2.75) is 58.0 Å². The van der Waals surface area contributed by atoms with Crippen molar-refractivity contribution in [3.63, 3.8) is 0 Å². The summed E-state index contributed by atoms with van der Waals surface area (Å²) in [5.41, 5.74) is 11.3. The average molecular weight is 443 g/mol. The van der Waals surface area contributed by atoms with E-state index in [4.69, 9.17) is 26.8 Å². The predicted molar refractivity (Wildman–Crippen MR) is 116 cm³/mol. The second-order valence-corrected chi connectivity index (χ2v) is 9.01. The van der Waals surface area contributed by atoms with Gasteiger partial charge in [0.1, 0.15) is 11.0 Å². The van der Waals surface area contributed by atoms with Crippen LogP contribution in [0.15, 0.2) is 18.2 Å². The minimum absolute atomic E-state index is 0.0176. The minimum atomic E-state index is -0.0176. The first-order chi connectivity index (χ1) is 15.1. The van der Waals surface area contributed by atoms with Gasteiger partial charge in [-0.25, -0.2) is 9.97 Å². The van der Waals surface area contributed by atoms with E-state index in [0.29, 0.717) is 37.3 Å². The summed E-state index contributed by atoms with van der Waals surface area (Å²) in [6.07, 6.45) is 4.25. The fraction of sp³-hybridized carbons (Fsp3) is 0.522. The molecule has 2 aromatic rings. The van der Waals surface area contributed by atoms with Crippen LogP contribution in [0.25, 0.3) is 0 Å². The van der Waals surface area contributed by atoms with Crippen molar-refractivity contribution in [1.82, 2.24) is 14.9 Å². The van der Waals surface area contributed by atoms with Gasteiger partial charge >= 0.3 is 0 Å². The molecule has 1 fully saturated rings. The number of fused-ring (bicyclic) bond motifs is 3. The second-order valence-electron chi connectivity index (χ2n) is 8.62. The van der Waals surface area contributed by atoms with Gasteiger partial charge in [-0.15, -0.1) is 0 Å². The van der Waals surface area contributed by atoms with Crippen LogP contribution in [0.2, 0.25) is 5.15 Å². The molecular weight excluding hydrogens is 416 g/mol. The number of carbonyl (C=O) groups is 1. The number of ether oxygens (including phenoxy) is 2. The lowest BCUT2D eigenvalue weighted by Crippen LogP contribution is -2.46. The van der Waals surface area contributed by atoms with Crippen molar-refractivity contribution < 1.29 is 14.3 Å². The summed E-state index contributed by atoms with van der Waals surface area (Å²) in [7, 11) is 0. The lowest BCUT2D eigenvalue weighted by atomic mass is 9.82. The molecule has 7 nitrogen and oxygen atoms in total. The zero-order valence-corrected chi connectivity index (χ0v) is 18.2. The molecule has 3 aliphatic rings. The Labute approximate surface area is 186 Å². The summed E-state index contributed by atoms with van der Waals surface area (Å²) < 4.78 is 11.7. The normalized spacial score (nSPS) is 22.8. The van der Waals surface area contributed by atoms with Gasteiger partial charge in [-0.2, -0.15) is 0 Å². The van der Waals surface area contributed by atoms with E-state index >= 15 is 0 Å². The van der Waals surface area contributed by atoms with Crippen LogP contribution >= 0.6 is 11.6 Å². The fourth-order valence-electron chi connectivity index (χ4n) is 4.97. The molecule has 1 saturated heterocycles. The highest BCUT2D eigenvalue weighted by Crippen LogP contribution is 2.35. The van der Waals surface area contributed by atoms with Crippen LogP contribution in [-0.2, 0) is 46.9 Å². The Bertz CT molecular complexity index is 999. The molecule has 0 aromatic carbocycles. The summed E-state index contributed by atoms with van der Waals surface area (Å²) >= 11 is 5.96. The molecule has 0 unspecified atom stereocenters. The monoisotopic (exact) mass is 442 g/mol. The molecule has 164 valence electrons. The number of piperidine rings is 1. The smallest absolute Gasteiger partial charge is 0.226 e. The zero-order valence-electron chi connectivity index (χ0n) is 17.5. The maximum absolute atomic E-state index is 13.4. The predicted octanol–water partition coefficient (Wildman–Crippen LogP) is 3.06. The van der Waals surface area contributed by atoms with E-state index in [1.54, 1.807) is 6.07 Å². The number of amides is 1. The number of hydrogen-bond donors (Lipinski definition) is 1. The third-order valence-electron chi connectivity index (χ3n) is 6.59. The standard InChI is InChI=1S/C23H27ClN4O3/c24-21-5-1-3-15(26-21)11-31-16-4-2-8-28(10-16)23(29)14-6-7-20-17(9-14)18-12-30-13-19(18)22(25)27-20/h1,3,5,14,16H,2,4,6-13H2,(H2,25,27)/t14-,16+/m1/s1. The molecule has 1 aliphatic carbocycles. The Kier molecular flexibility index (Phi) is 5.82. The molecule has 4 heterocycles. The minimum Gasteiger partial charge on any atom is -0.383 e. The summed E-state index contributed by atoms with van der Waals surface area (Å²) in [6.45, 7) is 2.92. The number of likely N-dealkylation sites (tertiary alicyclic amines) is 1. The molecule has 1 amide bonds. The number of carbonyl (C=O) groups excluding carboxylic acids is 1. The first kappa shape index (κ1) is 20.7. The Morgan fingerprint density at radius 2 is 2.10 bits per heavy atom. The molecule has 31 heavy (non-hydrogen) atoms. The molecule has 8 heteroatoms. The first-order valence-corrected chi connectivity index (χ1v) is 11.3. The molecule has 2 atom stereocenters. The van der Waals surface area contributed by atoms with E-state index in [-0.39, 0.29) is 17.9 Å². The molecule has 2 aromatic heterocycles. The average Bonchev–Trinajstić information content (AvgIpc) is 3.29. The third kappa shape index (κ3) is 4.27. The van der Waals surface area contributed by atoms with Gasteiger partial charge in [0.15, 0.2) is 0 Å². The second kappa shape index (κ2) is 8.73. The number of hydrogen-bond acceptors (Lipinski definition) is 6. The van der Waals surface area contributed by atoms with Crippen LogP contribution < -0.4 is 5.73 Å². The van der Waals surface area contributed by atoms with Crippen molar-refractivity contribution >= 4 is 23.3 Å². The molecule has 0 saturated carbocycles. The molecule has 2 aliphatic heterocycles. The highest BCUT2D eigenvalue weighted by atomic mass is 35.5. The summed E-state index contributed by atoms with van der Waals surface area (Å²) in [5.74, 6) is 0.793. The van der Waals surface area contributed by atoms with E-state index in [0.717, 1.165) is 61.2 Å². The number of pyridine rings is 2. The highest BCUT2D eigenvalue weighted by molar-refractivity contribution is 6.29. The third-order valence-corrected chi connectivity index (χ3v) is 6.80. The lowest BCUT2D eigenvalue weighted by molar-refractivity contribution is -0.140. The quantitative estimate of drug-likeness (QED) is 0.732. The Morgan fingerprint density at radius 1 is 1.23 bits per heavy atom. The van der Waals surface area contributed by atoms with Gasteiger partial charge in [-0.1, -0.05) is 17.7 Å². The molecule has 0 spiro atoms. The lowest BCUT2D eigenvalue weighted by Gasteiger charge is -2.36. The summed E-state index contributed by atoms with van der Waals surface area (Å²) in [6, 6.07) is 5.52. The van der Waals surface area contributed by atoms with E-state index < -0.39 is 0 Å². The van der Waals surface area contributed by atoms with Crippen LogP contribution in [0.4, 0.5) is 5.82 Å². The van der Waals surface area contributed by atoms with Gasteiger partial charge in [0.25, 0.3) is 0 Å². The van der Waals surface area contributed by atoms with Crippen LogP contribution in [-0.4, -0.2) is 40.0 Å². The van der Waals surface area contributed by atoms with E-state index in [1.165, 1.54) is 5.56 Å². The largest absolute Gasteiger partial charge is 0.383 e. The Morgan fingerprint density at radius 3 is 2.97 bits per heavy atom. The van der Waals surface area contributed by atoms with Crippen molar-refractivity contribution in [3.8, 4) is 0 Å².